The van der Waals surface area contributed by atoms with Crippen LogP contribution in [0.2, 0.25) is 0 Å². The van der Waals surface area contributed by atoms with E-state index < -0.39 is 21.2 Å². The Morgan fingerprint density at radius 3 is 1.97 bits per heavy atom. The van der Waals surface area contributed by atoms with Gasteiger partial charge in [-0.3, -0.25) is 0 Å². The van der Waals surface area contributed by atoms with Gasteiger partial charge in [-0.25, -0.2) is 0 Å². The number of aryl methyl sites for hydroxylation is 3. The number of benzene rings is 2. The number of halogens is 3. The summed E-state index contributed by atoms with van der Waals surface area (Å²) in [5, 5.41) is 11.0. The zero-order valence-electron chi connectivity index (χ0n) is 22.6. The number of rotatable bonds is 12. The second-order valence-electron chi connectivity index (χ2n) is 10.3. The van der Waals surface area contributed by atoms with E-state index in [-0.39, 0.29) is 30.1 Å². The average Bonchev–Trinajstić information content (AvgIpc) is 2.79. The minimum atomic E-state index is -5.71. The molecule has 0 bridgehead atoms. The summed E-state index contributed by atoms with van der Waals surface area (Å²) in [5.74, 6) is 0.641. The fraction of sp³-hybridized carbons (Fsp3) is 0.571. The van der Waals surface area contributed by atoms with E-state index in [0.717, 1.165) is 41.7 Å². The minimum absolute atomic E-state index is 0.0522. The van der Waals surface area contributed by atoms with Gasteiger partial charge in [-0.15, -0.1) is 0 Å². The van der Waals surface area contributed by atoms with Crippen LogP contribution >= 0.6 is 0 Å². The molecule has 1 unspecified atom stereocenters. The molecule has 0 aliphatic rings. The summed E-state index contributed by atoms with van der Waals surface area (Å²) in [5.41, 5.74) is -3.07. The molecule has 0 aliphatic carbocycles. The van der Waals surface area contributed by atoms with Gasteiger partial charge in [-0.1, -0.05) is 58.9 Å². The Hall–Kier alpha value is -2.26. The third-order valence-corrected chi connectivity index (χ3v) is 8.09. The molecule has 0 heterocycles. The second kappa shape index (κ2) is 12.1. The lowest BCUT2D eigenvalue weighted by Gasteiger charge is -2.36. The summed E-state index contributed by atoms with van der Waals surface area (Å²) < 4.78 is 71.0. The van der Waals surface area contributed by atoms with Gasteiger partial charge in [0.2, 0.25) is 0 Å². The molecule has 0 radical (unpaired) electrons. The van der Waals surface area contributed by atoms with Gasteiger partial charge in [0.05, 0.1) is 0 Å². The number of ether oxygens (including phenoxy) is 1. The Bertz CT molecular complexity index is 1150. The number of alkyl halides is 3. The molecule has 2 aromatic carbocycles. The summed E-state index contributed by atoms with van der Waals surface area (Å²) in [7, 11) is -5.71. The van der Waals surface area contributed by atoms with Crippen molar-refractivity contribution in [3.63, 3.8) is 0 Å². The monoisotopic (exact) mass is 544 g/mol. The van der Waals surface area contributed by atoms with Crippen LogP contribution < -0.4 is 8.92 Å². The molecule has 1 N–H and O–H groups in total. The third kappa shape index (κ3) is 7.63. The van der Waals surface area contributed by atoms with Gasteiger partial charge in [0.25, 0.3) is 0 Å². The van der Waals surface area contributed by atoms with Gasteiger partial charge in [0.15, 0.2) is 0 Å². The van der Waals surface area contributed by atoms with E-state index in [0.29, 0.717) is 5.56 Å². The Morgan fingerprint density at radius 1 is 0.919 bits per heavy atom. The van der Waals surface area contributed by atoms with Crippen LogP contribution in [0.25, 0.3) is 0 Å². The first-order chi connectivity index (χ1) is 17.0. The molecule has 0 fully saturated rings. The first-order valence-electron chi connectivity index (χ1n) is 12.6. The van der Waals surface area contributed by atoms with E-state index >= 15 is 0 Å². The molecule has 5 nitrogen and oxygen atoms in total. The van der Waals surface area contributed by atoms with Crippen molar-refractivity contribution < 1.29 is 35.6 Å². The molecule has 0 saturated carbocycles. The summed E-state index contributed by atoms with van der Waals surface area (Å²) in [6.45, 7) is 13.7. The highest BCUT2D eigenvalue weighted by Gasteiger charge is 2.48. The van der Waals surface area contributed by atoms with Gasteiger partial charge in [0, 0.05) is 0 Å². The van der Waals surface area contributed by atoms with Crippen molar-refractivity contribution in [2.75, 3.05) is 6.61 Å². The standard InChI is InChI=1S/C28H39F3O5S/c1-8-23(24-12-14-26(21(7)16-24)36-37(33,34)28(29,30)31)11-9-22-10-13-25(20(6)15-22)35-17-27(32,18(2)3)19(4)5/h10,12-16,18-19,23,32H,8-9,11,17H2,1-7H3. The number of aliphatic hydroxyl groups is 1. The lowest BCUT2D eigenvalue weighted by atomic mass is 9.81. The summed E-state index contributed by atoms with van der Waals surface area (Å²) in [4.78, 5) is 0. The highest BCUT2D eigenvalue weighted by Crippen LogP contribution is 2.33. The van der Waals surface area contributed by atoms with Crippen LogP contribution in [0.4, 0.5) is 13.2 Å². The zero-order chi connectivity index (χ0) is 28.2. The lowest BCUT2D eigenvalue weighted by Crippen LogP contribution is -2.46. The molecule has 0 aliphatic heterocycles. The zero-order valence-corrected chi connectivity index (χ0v) is 23.5. The lowest BCUT2D eigenvalue weighted by molar-refractivity contribution is -0.0786. The molecular weight excluding hydrogens is 505 g/mol. The Balaban J connectivity index is 2.08. The van der Waals surface area contributed by atoms with Crippen LogP contribution in [0, 0.1) is 25.7 Å². The van der Waals surface area contributed by atoms with E-state index in [4.69, 9.17) is 4.74 Å². The normalized spacial score (nSPS) is 13.8. The van der Waals surface area contributed by atoms with Crippen molar-refractivity contribution in [1.82, 2.24) is 0 Å². The van der Waals surface area contributed by atoms with Gasteiger partial charge >= 0.3 is 15.6 Å². The first kappa shape index (κ1) is 31.0. The van der Waals surface area contributed by atoms with E-state index in [1.54, 1.807) is 12.1 Å². The second-order valence-corrected chi connectivity index (χ2v) is 11.9. The molecular formula is C28H39F3O5S. The maximum atomic E-state index is 12.7. The van der Waals surface area contributed by atoms with Crippen molar-refractivity contribution in [3.05, 3.63) is 58.7 Å². The van der Waals surface area contributed by atoms with Crippen molar-refractivity contribution >= 4 is 10.1 Å². The van der Waals surface area contributed by atoms with E-state index in [9.17, 15) is 26.7 Å². The van der Waals surface area contributed by atoms with Gasteiger partial charge in [-0.2, -0.15) is 21.6 Å². The predicted molar refractivity (Wildman–Crippen MR) is 139 cm³/mol. The Morgan fingerprint density at radius 2 is 1.49 bits per heavy atom. The molecule has 2 aromatic rings. The molecule has 0 amide bonds. The highest BCUT2D eigenvalue weighted by molar-refractivity contribution is 7.88. The van der Waals surface area contributed by atoms with Crippen molar-refractivity contribution in [1.29, 1.82) is 0 Å². The van der Waals surface area contributed by atoms with E-state index in [1.807, 2.05) is 53.7 Å². The number of hydrogen-bond acceptors (Lipinski definition) is 5. The minimum Gasteiger partial charge on any atom is -0.490 e. The van der Waals surface area contributed by atoms with Crippen LogP contribution in [0.1, 0.15) is 75.6 Å². The highest BCUT2D eigenvalue weighted by atomic mass is 32.2. The fourth-order valence-corrected chi connectivity index (χ4v) is 4.87. The fourth-order valence-electron chi connectivity index (χ4n) is 4.36. The van der Waals surface area contributed by atoms with Crippen LogP contribution in [-0.4, -0.2) is 31.2 Å². The SMILES string of the molecule is CCC(CCc1ccc(OCC(O)(C(C)C)C(C)C)c(C)c1)c1ccc(OS(=O)(=O)C(F)(F)F)c(C)c1. The van der Waals surface area contributed by atoms with Crippen molar-refractivity contribution in [2.45, 2.75) is 84.8 Å². The van der Waals surface area contributed by atoms with Crippen LogP contribution in [0.5, 0.6) is 11.5 Å². The molecule has 0 spiro atoms. The molecule has 9 heteroatoms. The van der Waals surface area contributed by atoms with Gasteiger partial charge < -0.3 is 14.0 Å². The van der Waals surface area contributed by atoms with E-state index in [1.165, 1.54) is 13.0 Å². The molecule has 0 aromatic heterocycles. The number of hydrogen-bond donors (Lipinski definition) is 1. The van der Waals surface area contributed by atoms with Crippen molar-refractivity contribution in [3.8, 4) is 11.5 Å². The molecule has 208 valence electrons. The first-order valence-corrected chi connectivity index (χ1v) is 14.0. The Kier molecular flexibility index (Phi) is 10.1. The quantitative estimate of drug-likeness (QED) is 0.228. The Labute approximate surface area is 219 Å². The van der Waals surface area contributed by atoms with Gasteiger partial charge in [0.1, 0.15) is 23.7 Å². The summed E-state index contributed by atoms with van der Waals surface area (Å²) >= 11 is 0. The van der Waals surface area contributed by atoms with E-state index in [2.05, 4.69) is 10.2 Å². The van der Waals surface area contributed by atoms with Crippen molar-refractivity contribution in [2.24, 2.45) is 11.8 Å². The topological polar surface area (TPSA) is 72.8 Å². The van der Waals surface area contributed by atoms with Crippen LogP contribution in [-0.2, 0) is 16.5 Å². The van der Waals surface area contributed by atoms with Gasteiger partial charge in [-0.05, 0) is 85.3 Å². The summed E-state index contributed by atoms with van der Waals surface area (Å²) in [6.07, 6.45) is 2.39. The average molecular weight is 545 g/mol. The predicted octanol–water partition coefficient (Wildman–Crippen LogP) is 7.08. The third-order valence-electron chi connectivity index (χ3n) is 7.13. The molecule has 37 heavy (non-hydrogen) atoms. The molecule has 0 saturated heterocycles. The maximum Gasteiger partial charge on any atom is 0.534 e. The smallest absolute Gasteiger partial charge is 0.490 e. The molecule has 2 rings (SSSR count). The molecule has 1 atom stereocenters. The van der Waals surface area contributed by atoms with Crippen LogP contribution in [0.15, 0.2) is 36.4 Å². The summed E-state index contributed by atoms with van der Waals surface area (Å²) in [6, 6.07) is 10.6. The maximum absolute atomic E-state index is 12.7. The van der Waals surface area contributed by atoms with Crippen LogP contribution in [0.3, 0.4) is 0 Å². The largest absolute Gasteiger partial charge is 0.534 e.